The van der Waals surface area contributed by atoms with Gasteiger partial charge in [0, 0.05) is 18.8 Å². The lowest BCUT2D eigenvalue weighted by Crippen LogP contribution is -2.34. The molecule has 0 aliphatic rings. The van der Waals surface area contributed by atoms with E-state index >= 15 is 0 Å². The van der Waals surface area contributed by atoms with Gasteiger partial charge >= 0.3 is 0 Å². The Morgan fingerprint density at radius 2 is 1.86 bits per heavy atom. The van der Waals surface area contributed by atoms with Gasteiger partial charge in [-0.25, -0.2) is 0 Å². The summed E-state index contributed by atoms with van der Waals surface area (Å²) in [7, 11) is 0. The fourth-order valence-electron chi connectivity index (χ4n) is 2.53. The van der Waals surface area contributed by atoms with E-state index in [2.05, 4.69) is 43.0 Å². The molecule has 0 bridgehead atoms. The third kappa shape index (κ3) is 3.85. The highest BCUT2D eigenvalue weighted by Gasteiger charge is 2.18. The van der Waals surface area contributed by atoms with Crippen LogP contribution in [0.2, 0.25) is 0 Å². The number of likely N-dealkylation sites (N-methyl/N-ethyl adjacent to an activating group) is 1. The van der Waals surface area contributed by atoms with E-state index in [1.807, 2.05) is 30.3 Å². The van der Waals surface area contributed by atoms with Gasteiger partial charge < -0.3 is 10.6 Å². The van der Waals surface area contributed by atoms with E-state index in [1.165, 1.54) is 11.3 Å². The molecule has 0 amide bonds. The first-order valence-electron chi connectivity index (χ1n) is 7.32. The Hall–Kier alpha value is -2.29. The lowest BCUT2D eigenvalue weighted by atomic mass is 9.97. The van der Waals surface area contributed by atoms with Crippen molar-refractivity contribution in [1.29, 1.82) is 5.41 Å². The zero-order chi connectivity index (χ0) is 15.2. The molecule has 3 heteroatoms. The number of hydrogen-bond donors (Lipinski definition) is 2. The number of benzene rings is 2. The third-order valence-electron chi connectivity index (χ3n) is 3.73. The zero-order valence-electron chi connectivity index (χ0n) is 12.7. The highest BCUT2D eigenvalue weighted by Crippen LogP contribution is 2.22. The van der Waals surface area contributed by atoms with Gasteiger partial charge in [0.05, 0.1) is 11.8 Å². The quantitative estimate of drug-likeness (QED) is 0.628. The van der Waals surface area contributed by atoms with E-state index in [-0.39, 0.29) is 11.8 Å². The number of aryl methyl sites for hydroxylation is 1. The molecule has 1 unspecified atom stereocenters. The van der Waals surface area contributed by atoms with Crippen LogP contribution in [0.5, 0.6) is 0 Å². The summed E-state index contributed by atoms with van der Waals surface area (Å²) in [5.41, 5.74) is 9.35. The van der Waals surface area contributed by atoms with Gasteiger partial charge in [-0.05, 0) is 37.1 Å². The molecule has 3 N–H and O–H groups in total. The number of hydrogen-bond acceptors (Lipinski definition) is 2. The van der Waals surface area contributed by atoms with Crippen molar-refractivity contribution < 1.29 is 0 Å². The van der Waals surface area contributed by atoms with Crippen LogP contribution in [-0.2, 0) is 0 Å². The normalized spacial score (nSPS) is 11.9. The van der Waals surface area contributed by atoms with Gasteiger partial charge in [-0.1, -0.05) is 42.5 Å². The smallest absolute Gasteiger partial charge is 0.1000 e. The summed E-state index contributed by atoms with van der Waals surface area (Å²) in [5, 5.41) is 7.91. The fraction of sp³-hybridized carbons (Fsp3) is 0.278. The van der Waals surface area contributed by atoms with E-state index < -0.39 is 0 Å². The Morgan fingerprint density at radius 1 is 1.14 bits per heavy atom. The van der Waals surface area contributed by atoms with Gasteiger partial charge in [0.25, 0.3) is 0 Å². The monoisotopic (exact) mass is 281 g/mol. The Morgan fingerprint density at radius 3 is 2.43 bits per heavy atom. The summed E-state index contributed by atoms with van der Waals surface area (Å²) >= 11 is 0. The largest absolute Gasteiger partial charge is 0.387 e. The predicted octanol–water partition coefficient (Wildman–Crippen LogP) is 3.54. The summed E-state index contributed by atoms with van der Waals surface area (Å²) in [6.45, 7) is 5.83. The van der Waals surface area contributed by atoms with Gasteiger partial charge in [-0.15, -0.1) is 0 Å². The molecular formula is C18H23N3. The van der Waals surface area contributed by atoms with Crippen LogP contribution in [0.1, 0.15) is 24.0 Å². The van der Waals surface area contributed by atoms with E-state index in [1.54, 1.807) is 0 Å². The van der Waals surface area contributed by atoms with Crippen LogP contribution in [-0.4, -0.2) is 18.9 Å². The second-order valence-corrected chi connectivity index (χ2v) is 5.30. The molecule has 0 spiro atoms. The highest BCUT2D eigenvalue weighted by molar-refractivity contribution is 5.85. The first-order chi connectivity index (χ1) is 10.1. The van der Waals surface area contributed by atoms with Gasteiger partial charge in [0.2, 0.25) is 0 Å². The molecule has 0 fully saturated rings. The molecule has 0 saturated carbocycles. The molecule has 0 aromatic heterocycles. The van der Waals surface area contributed by atoms with Gasteiger partial charge in [-0.3, -0.25) is 5.41 Å². The van der Waals surface area contributed by atoms with Crippen molar-refractivity contribution >= 4 is 11.5 Å². The molecule has 3 nitrogen and oxygen atoms in total. The number of anilines is 1. The minimum absolute atomic E-state index is 0.0772. The standard InChI is InChI=1S/C18H23N3/c1-3-21(16-11-7-8-14(2)12-16)13-17(18(19)20)15-9-5-4-6-10-15/h4-12,17H,3,13H2,1-2H3,(H3,19,20). The molecule has 2 aromatic rings. The number of amidine groups is 1. The van der Waals surface area contributed by atoms with Crippen molar-refractivity contribution in [3.63, 3.8) is 0 Å². The van der Waals surface area contributed by atoms with E-state index in [4.69, 9.17) is 11.1 Å². The maximum Gasteiger partial charge on any atom is 0.1000 e. The van der Waals surface area contributed by atoms with Crippen LogP contribution < -0.4 is 10.6 Å². The Kier molecular flexibility index (Phi) is 4.99. The number of nitrogens with one attached hydrogen (secondary N) is 1. The maximum atomic E-state index is 7.91. The van der Waals surface area contributed by atoms with Crippen LogP contribution in [0.3, 0.4) is 0 Å². The second-order valence-electron chi connectivity index (χ2n) is 5.30. The lowest BCUT2D eigenvalue weighted by molar-refractivity contribution is 0.764. The maximum absolute atomic E-state index is 7.91. The van der Waals surface area contributed by atoms with E-state index in [0.717, 1.165) is 18.7 Å². The summed E-state index contributed by atoms with van der Waals surface area (Å²) < 4.78 is 0. The number of nitrogens with zero attached hydrogens (tertiary/aromatic N) is 1. The Balaban J connectivity index is 2.24. The third-order valence-corrected chi connectivity index (χ3v) is 3.73. The molecule has 2 aromatic carbocycles. The Labute approximate surface area is 126 Å². The van der Waals surface area contributed by atoms with Crippen LogP contribution in [0, 0.1) is 12.3 Å². The van der Waals surface area contributed by atoms with Gasteiger partial charge in [0.1, 0.15) is 0 Å². The summed E-state index contributed by atoms with van der Waals surface area (Å²) in [5.74, 6) is 0.138. The SMILES string of the molecule is CCN(CC(C(=N)N)c1ccccc1)c1cccc(C)c1. The van der Waals surface area contributed by atoms with Crippen molar-refractivity contribution in [2.24, 2.45) is 5.73 Å². The van der Waals surface area contributed by atoms with E-state index in [0.29, 0.717) is 0 Å². The van der Waals surface area contributed by atoms with Crippen molar-refractivity contribution in [1.82, 2.24) is 0 Å². The first-order valence-corrected chi connectivity index (χ1v) is 7.32. The first kappa shape index (κ1) is 15.1. The average molecular weight is 281 g/mol. The summed E-state index contributed by atoms with van der Waals surface area (Å²) in [6, 6.07) is 18.5. The van der Waals surface area contributed by atoms with Crippen molar-refractivity contribution in [2.75, 3.05) is 18.0 Å². The summed E-state index contributed by atoms with van der Waals surface area (Å²) in [6.07, 6.45) is 0. The van der Waals surface area contributed by atoms with Crippen LogP contribution in [0.4, 0.5) is 5.69 Å². The van der Waals surface area contributed by atoms with Crippen molar-refractivity contribution in [3.05, 3.63) is 65.7 Å². The minimum Gasteiger partial charge on any atom is -0.387 e. The molecule has 0 radical (unpaired) electrons. The lowest BCUT2D eigenvalue weighted by Gasteiger charge is -2.28. The van der Waals surface area contributed by atoms with Crippen LogP contribution >= 0.6 is 0 Å². The van der Waals surface area contributed by atoms with Gasteiger partial charge in [0.15, 0.2) is 0 Å². The number of nitrogens with two attached hydrogens (primary N) is 1. The topological polar surface area (TPSA) is 53.1 Å². The molecule has 21 heavy (non-hydrogen) atoms. The van der Waals surface area contributed by atoms with E-state index in [9.17, 15) is 0 Å². The predicted molar refractivity (Wildman–Crippen MR) is 90.2 cm³/mol. The molecule has 0 aliphatic heterocycles. The average Bonchev–Trinajstić information content (AvgIpc) is 2.49. The second kappa shape index (κ2) is 6.93. The molecule has 110 valence electrons. The molecular weight excluding hydrogens is 258 g/mol. The van der Waals surface area contributed by atoms with Crippen LogP contribution in [0.25, 0.3) is 0 Å². The molecule has 0 heterocycles. The highest BCUT2D eigenvalue weighted by atomic mass is 15.1. The van der Waals surface area contributed by atoms with Gasteiger partial charge in [-0.2, -0.15) is 0 Å². The fourth-order valence-corrected chi connectivity index (χ4v) is 2.53. The van der Waals surface area contributed by atoms with Crippen molar-refractivity contribution in [3.8, 4) is 0 Å². The molecule has 0 saturated heterocycles. The Bertz CT molecular complexity index is 592. The van der Waals surface area contributed by atoms with Crippen LogP contribution in [0.15, 0.2) is 54.6 Å². The minimum atomic E-state index is -0.0772. The molecule has 0 aliphatic carbocycles. The van der Waals surface area contributed by atoms with Crippen molar-refractivity contribution in [2.45, 2.75) is 19.8 Å². The molecule has 2 rings (SSSR count). The summed E-state index contributed by atoms with van der Waals surface area (Å²) in [4.78, 5) is 2.27. The molecule has 1 atom stereocenters. The zero-order valence-corrected chi connectivity index (χ0v) is 12.7. The number of rotatable bonds is 6.